The van der Waals surface area contributed by atoms with E-state index in [1.807, 2.05) is 18.2 Å². The highest BCUT2D eigenvalue weighted by Crippen LogP contribution is 2.16. The molecule has 0 heterocycles. The van der Waals surface area contributed by atoms with Crippen LogP contribution in [0.15, 0.2) is 54.8 Å². The van der Waals surface area contributed by atoms with Crippen LogP contribution in [0.4, 0.5) is 0 Å². The molecule has 14 heavy (non-hydrogen) atoms. The SMILES string of the molecule is C=C(O)Cc1ccc2ccccc2c1. The molecule has 1 nitrogen and oxygen atoms in total. The normalized spacial score (nSPS) is 10.3. The lowest BCUT2D eigenvalue weighted by Crippen LogP contribution is -1.87. The quantitative estimate of drug-likeness (QED) is 0.709. The Bertz CT molecular complexity index is 471. The number of hydrogen-bond acceptors (Lipinski definition) is 1. The molecule has 2 aromatic rings. The van der Waals surface area contributed by atoms with E-state index in [-0.39, 0.29) is 5.76 Å². The highest BCUT2D eigenvalue weighted by atomic mass is 16.3. The summed E-state index contributed by atoms with van der Waals surface area (Å²) in [7, 11) is 0. The van der Waals surface area contributed by atoms with Gasteiger partial charge in [-0.2, -0.15) is 0 Å². The van der Waals surface area contributed by atoms with Crippen molar-refractivity contribution in [1.82, 2.24) is 0 Å². The second-order valence-corrected chi connectivity index (χ2v) is 3.42. The number of allylic oxidation sites excluding steroid dienone is 1. The minimum atomic E-state index is 0.209. The van der Waals surface area contributed by atoms with E-state index < -0.39 is 0 Å². The second-order valence-electron chi connectivity index (χ2n) is 3.42. The van der Waals surface area contributed by atoms with Gasteiger partial charge in [0.2, 0.25) is 0 Å². The number of rotatable bonds is 2. The van der Waals surface area contributed by atoms with Crippen LogP contribution in [0.25, 0.3) is 10.8 Å². The number of aliphatic hydroxyl groups excluding tert-OH is 1. The molecule has 2 aromatic carbocycles. The van der Waals surface area contributed by atoms with Gasteiger partial charge in [0.1, 0.15) is 0 Å². The Hall–Kier alpha value is -1.76. The fourth-order valence-corrected chi connectivity index (χ4v) is 1.58. The average Bonchev–Trinajstić information content (AvgIpc) is 2.17. The first kappa shape index (κ1) is 8.82. The Balaban J connectivity index is 2.46. The van der Waals surface area contributed by atoms with Gasteiger partial charge in [0.25, 0.3) is 0 Å². The fourth-order valence-electron chi connectivity index (χ4n) is 1.58. The molecule has 0 spiro atoms. The number of aliphatic hydroxyl groups is 1. The van der Waals surface area contributed by atoms with E-state index in [9.17, 15) is 0 Å². The van der Waals surface area contributed by atoms with Crippen molar-refractivity contribution in [2.24, 2.45) is 0 Å². The van der Waals surface area contributed by atoms with Crippen LogP contribution in [0, 0.1) is 0 Å². The van der Waals surface area contributed by atoms with Crippen LogP contribution < -0.4 is 0 Å². The predicted molar refractivity (Wildman–Crippen MR) is 59.4 cm³/mol. The summed E-state index contributed by atoms with van der Waals surface area (Å²) >= 11 is 0. The third-order valence-corrected chi connectivity index (χ3v) is 2.22. The number of hydrogen-bond donors (Lipinski definition) is 1. The summed E-state index contributed by atoms with van der Waals surface area (Å²) in [4.78, 5) is 0. The second kappa shape index (κ2) is 3.54. The molecule has 0 aliphatic rings. The monoisotopic (exact) mass is 184 g/mol. The van der Waals surface area contributed by atoms with E-state index in [1.54, 1.807) is 0 Å². The summed E-state index contributed by atoms with van der Waals surface area (Å²) in [5.41, 5.74) is 1.09. The Kier molecular flexibility index (Phi) is 2.23. The minimum absolute atomic E-state index is 0.209. The molecule has 0 radical (unpaired) electrons. The Labute approximate surface area is 83.3 Å². The molecule has 2 rings (SSSR count). The van der Waals surface area contributed by atoms with E-state index in [0.717, 1.165) is 5.56 Å². The van der Waals surface area contributed by atoms with E-state index in [2.05, 4.69) is 30.8 Å². The lowest BCUT2D eigenvalue weighted by Gasteiger charge is -2.02. The van der Waals surface area contributed by atoms with Gasteiger partial charge in [-0.25, -0.2) is 0 Å². The van der Waals surface area contributed by atoms with Crippen molar-refractivity contribution in [2.45, 2.75) is 6.42 Å². The summed E-state index contributed by atoms with van der Waals surface area (Å²) in [5.74, 6) is 0.209. The van der Waals surface area contributed by atoms with Crippen molar-refractivity contribution >= 4 is 10.8 Å². The fraction of sp³-hybridized carbons (Fsp3) is 0.0769. The molecule has 0 saturated carbocycles. The van der Waals surface area contributed by atoms with E-state index >= 15 is 0 Å². The van der Waals surface area contributed by atoms with E-state index in [0.29, 0.717) is 6.42 Å². The minimum Gasteiger partial charge on any atom is -0.513 e. The van der Waals surface area contributed by atoms with Gasteiger partial charge >= 0.3 is 0 Å². The van der Waals surface area contributed by atoms with Crippen LogP contribution in [-0.2, 0) is 6.42 Å². The topological polar surface area (TPSA) is 20.2 Å². The summed E-state index contributed by atoms with van der Waals surface area (Å²) in [6.07, 6.45) is 0.533. The highest BCUT2D eigenvalue weighted by molar-refractivity contribution is 5.83. The summed E-state index contributed by atoms with van der Waals surface area (Å²) in [6.45, 7) is 3.49. The molecule has 0 aliphatic heterocycles. The molecule has 0 saturated heterocycles. The first-order valence-electron chi connectivity index (χ1n) is 4.60. The molecule has 0 unspecified atom stereocenters. The van der Waals surface area contributed by atoms with Crippen LogP contribution in [-0.4, -0.2) is 5.11 Å². The van der Waals surface area contributed by atoms with Crippen LogP contribution in [0.5, 0.6) is 0 Å². The van der Waals surface area contributed by atoms with E-state index in [4.69, 9.17) is 5.11 Å². The standard InChI is InChI=1S/C13H12O/c1-10(14)8-11-6-7-12-4-2-3-5-13(12)9-11/h2-7,9,14H,1,8H2. The molecular weight excluding hydrogens is 172 g/mol. The number of benzene rings is 2. The van der Waals surface area contributed by atoms with Crippen LogP contribution in [0.1, 0.15) is 5.56 Å². The molecule has 70 valence electrons. The van der Waals surface area contributed by atoms with Gasteiger partial charge in [0.15, 0.2) is 0 Å². The molecule has 0 aromatic heterocycles. The van der Waals surface area contributed by atoms with Gasteiger partial charge in [0.05, 0.1) is 5.76 Å². The van der Waals surface area contributed by atoms with Gasteiger partial charge in [-0.3, -0.25) is 0 Å². The summed E-state index contributed by atoms with van der Waals surface area (Å²) < 4.78 is 0. The Morgan fingerprint density at radius 1 is 1.07 bits per heavy atom. The van der Waals surface area contributed by atoms with Crippen LogP contribution in [0.3, 0.4) is 0 Å². The molecular formula is C13H12O. The molecule has 0 aliphatic carbocycles. The smallest absolute Gasteiger partial charge is 0.0894 e. The van der Waals surface area contributed by atoms with Gasteiger partial charge in [-0.05, 0) is 16.3 Å². The first-order valence-corrected chi connectivity index (χ1v) is 4.60. The van der Waals surface area contributed by atoms with Gasteiger partial charge in [-0.15, -0.1) is 0 Å². The van der Waals surface area contributed by atoms with E-state index in [1.165, 1.54) is 10.8 Å². The Morgan fingerprint density at radius 2 is 1.79 bits per heavy atom. The van der Waals surface area contributed by atoms with Crippen molar-refractivity contribution in [3.05, 3.63) is 60.4 Å². The van der Waals surface area contributed by atoms with Crippen molar-refractivity contribution in [3.63, 3.8) is 0 Å². The third-order valence-electron chi connectivity index (χ3n) is 2.22. The molecule has 0 bridgehead atoms. The van der Waals surface area contributed by atoms with Crippen molar-refractivity contribution in [3.8, 4) is 0 Å². The van der Waals surface area contributed by atoms with Crippen LogP contribution >= 0.6 is 0 Å². The van der Waals surface area contributed by atoms with Crippen LogP contribution in [0.2, 0.25) is 0 Å². The Morgan fingerprint density at radius 3 is 2.50 bits per heavy atom. The van der Waals surface area contributed by atoms with Crippen molar-refractivity contribution < 1.29 is 5.11 Å². The van der Waals surface area contributed by atoms with Gasteiger partial charge in [0, 0.05) is 6.42 Å². The molecule has 0 amide bonds. The van der Waals surface area contributed by atoms with Gasteiger partial charge in [-0.1, -0.05) is 49.0 Å². The molecule has 1 N–H and O–H groups in total. The zero-order valence-electron chi connectivity index (χ0n) is 7.90. The lowest BCUT2D eigenvalue weighted by atomic mass is 10.0. The van der Waals surface area contributed by atoms with Gasteiger partial charge < -0.3 is 5.11 Å². The van der Waals surface area contributed by atoms with Crippen molar-refractivity contribution in [1.29, 1.82) is 0 Å². The summed E-state index contributed by atoms with van der Waals surface area (Å²) in [6, 6.07) is 14.3. The maximum absolute atomic E-state index is 9.08. The molecule has 1 heteroatoms. The lowest BCUT2D eigenvalue weighted by molar-refractivity contribution is 0.401. The summed E-state index contributed by atoms with van der Waals surface area (Å²) in [5, 5.41) is 11.5. The average molecular weight is 184 g/mol. The maximum atomic E-state index is 9.08. The number of fused-ring (bicyclic) bond motifs is 1. The first-order chi connectivity index (χ1) is 6.75. The largest absolute Gasteiger partial charge is 0.513 e. The predicted octanol–water partition coefficient (Wildman–Crippen LogP) is 3.45. The zero-order chi connectivity index (χ0) is 9.97. The molecule has 0 atom stereocenters. The zero-order valence-corrected chi connectivity index (χ0v) is 7.90. The van der Waals surface area contributed by atoms with Crippen molar-refractivity contribution in [2.75, 3.05) is 0 Å². The molecule has 0 fully saturated rings. The highest BCUT2D eigenvalue weighted by Gasteiger charge is 1.97. The maximum Gasteiger partial charge on any atom is 0.0894 e. The third kappa shape index (κ3) is 1.77.